The third-order valence-electron chi connectivity index (χ3n) is 3.85. The van der Waals surface area contributed by atoms with Crippen LogP contribution in [0.4, 0.5) is 4.79 Å². The van der Waals surface area contributed by atoms with Gasteiger partial charge in [-0.05, 0) is 12.8 Å². The number of rotatable bonds is 7. The number of fused-ring (bicyclic) bond motifs is 1. The monoisotopic (exact) mass is 375 g/mol. The topological polar surface area (TPSA) is 169 Å². The molecule has 7 N–H and O–H groups in total. The molecular weight excluding hydrogens is 350 g/mol. The van der Waals surface area contributed by atoms with Crippen molar-refractivity contribution in [1.29, 1.82) is 5.41 Å². The van der Waals surface area contributed by atoms with E-state index in [9.17, 15) is 14.4 Å². The van der Waals surface area contributed by atoms with Gasteiger partial charge in [-0.15, -0.1) is 0 Å². The van der Waals surface area contributed by atoms with Crippen molar-refractivity contribution in [3.05, 3.63) is 0 Å². The van der Waals surface area contributed by atoms with E-state index in [1.54, 1.807) is 0 Å². The molecule has 2 heterocycles. The molecular formula is C14H25N5O5S. The fourth-order valence-corrected chi connectivity index (χ4v) is 4.10. The summed E-state index contributed by atoms with van der Waals surface area (Å²) in [7, 11) is 1.44. The highest BCUT2D eigenvalue weighted by atomic mass is 32.2. The second-order valence-corrected chi connectivity index (χ2v) is 7.17. The van der Waals surface area contributed by atoms with Gasteiger partial charge in [-0.25, -0.2) is 4.79 Å². The third-order valence-corrected chi connectivity index (χ3v) is 5.36. The second kappa shape index (κ2) is 9.97. The molecule has 2 saturated heterocycles. The molecule has 0 aromatic heterocycles. The highest BCUT2D eigenvalue weighted by Crippen LogP contribution is 2.33. The summed E-state index contributed by atoms with van der Waals surface area (Å²) < 4.78 is 0. The summed E-state index contributed by atoms with van der Waals surface area (Å²) in [4.78, 5) is 32.5. The predicted octanol–water partition coefficient (Wildman–Crippen LogP) is -0.307. The minimum atomic E-state index is -0.993. The molecule has 0 radical (unpaired) electrons. The van der Waals surface area contributed by atoms with Gasteiger partial charge in [-0.2, -0.15) is 11.8 Å². The maximum absolute atomic E-state index is 11.1. The lowest BCUT2D eigenvalue weighted by molar-refractivity contribution is -0.138. The summed E-state index contributed by atoms with van der Waals surface area (Å²) in [6.45, 7) is -0.227. The van der Waals surface area contributed by atoms with Crippen LogP contribution >= 0.6 is 11.8 Å². The van der Waals surface area contributed by atoms with Gasteiger partial charge in [-0.1, -0.05) is 6.42 Å². The highest BCUT2D eigenvalue weighted by Gasteiger charge is 2.42. The summed E-state index contributed by atoms with van der Waals surface area (Å²) in [6, 6.07) is 0.440. The van der Waals surface area contributed by atoms with Crippen LogP contribution in [0.1, 0.15) is 25.7 Å². The summed E-state index contributed by atoms with van der Waals surface area (Å²) in [5.74, 6) is -0.995. The lowest BCUT2D eigenvalue weighted by Crippen LogP contribution is -2.36. The van der Waals surface area contributed by atoms with Gasteiger partial charge in [0.1, 0.15) is 6.54 Å². The van der Waals surface area contributed by atoms with Crippen LogP contribution in [0.3, 0.4) is 0 Å². The van der Waals surface area contributed by atoms with Gasteiger partial charge in [0, 0.05) is 24.5 Å². The van der Waals surface area contributed by atoms with E-state index in [1.807, 2.05) is 11.8 Å². The Hall–Kier alpha value is -2.17. The fourth-order valence-electron chi connectivity index (χ4n) is 2.55. The van der Waals surface area contributed by atoms with Gasteiger partial charge in [0.25, 0.3) is 0 Å². The van der Waals surface area contributed by atoms with Crippen molar-refractivity contribution >= 4 is 35.7 Å². The molecule has 25 heavy (non-hydrogen) atoms. The minimum absolute atomic E-state index is 0.0640. The number of likely N-dealkylation sites (N-methyl/N-ethyl adjacent to an activating group) is 1. The SMILES string of the molecule is CN(CC(=O)O)C(=N)N.O=C(O)CCCC[C@@H]1SC[C@@H]2NC(=O)N[C@@H]21. The first-order chi connectivity index (χ1) is 11.7. The molecule has 2 aliphatic heterocycles. The Balaban J connectivity index is 0.000000299. The van der Waals surface area contributed by atoms with Gasteiger partial charge in [0.15, 0.2) is 5.96 Å². The lowest BCUT2D eigenvalue weighted by atomic mass is 10.0. The summed E-state index contributed by atoms with van der Waals surface area (Å²) >= 11 is 1.87. The maximum Gasteiger partial charge on any atom is 0.323 e. The van der Waals surface area contributed by atoms with Crippen LogP contribution in [-0.2, 0) is 9.59 Å². The normalized spacial score (nSPS) is 23.6. The number of unbranched alkanes of at least 4 members (excludes halogenated alkanes) is 1. The molecule has 0 aromatic rings. The summed E-state index contributed by atoms with van der Waals surface area (Å²) in [6.07, 6.45) is 2.88. The maximum atomic E-state index is 11.1. The number of nitrogens with zero attached hydrogens (tertiary/aromatic N) is 1. The van der Waals surface area contributed by atoms with Crippen molar-refractivity contribution < 1.29 is 24.6 Å². The van der Waals surface area contributed by atoms with Gasteiger partial charge in [-0.3, -0.25) is 15.0 Å². The second-order valence-electron chi connectivity index (χ2n) is 5.90. The van der Waals surface area contributed by atoms with Gasteiger partial charge in [0.05, 0.1) is 12.1 Å². The molecule has 2 amide bonds. The number of aliphatic carboxylic acids is 2. The first kappa shape index (κ1) is 20.9. The average molecular weight is 375 g/mol. The number of guanidine groups is 1. The smallest absolute Gasteiger partial charge is 0.323 e. The highest BCUT2D eigenvalue weighted by molar-refractivity contribution is 8.00. The Bertz CT molecular complexity index is 518. The third kappa shape index (κ3) is 7.50. The van der Waals surface area contributed by atoms with Crippen LogP contribution in [0.5, 0.6) is 0 Å². The molecule has 2 rings (SSSR count). The van der Waals surface area contributed by atoms with Gasteiger partial charge >= 0.3 is 18.0 Å². The fraction of sp³-hybridized carbons (Fsp3) is 0.714. The van der Waals surface area contributed by atoms with Crippen LogP contribution < -0.4 is 16.4 Å². The molecule has 0 bridgehead atoms. The molecule has 0 aliphatic carbocycles. The number of nitrogens with one attached hydrogen (secondary N) is 3. The number of urea groups is 1. The molecule has 0 aromatic carbocycles. The Kier molecular flexibility index (Phi) is 8.32. The molecule has 11 heteroatoms. The number of carboxylic acids is 2. The summed E-state index contributed by atoms with van der Waals surface area (Å²) in [5.41, 5.74) is 4.93. The Labute approximate surface area is 150 Å². The van der Waals surface area contributed by atoms with Crippen molar-refractivity contribution in [3.63, 3.8) is 0 Å². The quantitative estimate of drug-likeness (QED) is 0.152. The largest absolute Gasteiger partial charge is 0.481 e. The Morgan fingerprint density at radius 2 is 2.00 bits per heavy atom. The molecule has 2 aliphatic rings. The van der Waals surface area contributed by atoms with E-state index in [4.69, 9.17) is 21.4 Å². The first-order valence-electron chi connectivity index (χ1n) is 7.88. The number of thioether (sulfide) groups is 1. The predicted molar refractivity (Wildman–Crippen MR) is 93.8 cm³/mol. The Morgan fingerprint density at radius 1 is 1.32 bits per heavy atom. The summed E-state index contributed by atoms with van der Waals surface area (Å²) in [5, 5.41) is 29.7. The van der Waals surface area contributed by atoms with E-state index in [0.29, 0.717) is 5.25 Å². The number of carbonyl (C=O) groups excluding carboxylic acids is 1. The molecule has 0 saturated carbocycles. The van der Waals surface area contributed by atoms with Crippen molar-refractivity contribution in [3.8, 4) is 0 Å². The van der Waals surface area contributed by atoms with E-state index < -0.39 is 11.9 Å². The van der Waals surface area contributed by atoms with Gasteiger partial charge in [0.2, 0.25) is 0 Å². The van der Waals surface area contributed by atoms with E-state index in [-0.39, 0.29) is 37.0 Å². The number of amides is 2. The van der Waals surface area contributed by atoms with Crippen LogP contribution in [0.15, 0.2) is 0 Å². The average Bonchev–Trinajstić information content (AvgIpc) is 3.03. The molecule has 10 nitrogen and oxygen atoms in total. The van der Waals surface area contributed by atoms with Gasteiger partial charge < -0.3 is 31.5 Å². The molecule has 2 fully saturated rings. The number of carbonyl (C=O) groups is 3. The zero-order valence-corrected chi connectivity index (χ0v) is 14.8. The zero-order valence-electron chi connectivity index (χ0n) is 14.0. The molecule has 0 unspecified atom stereocenters. The Morgan fingerprint density at radius 3 is 2.52 bits per heavy atom. The number of nitrogens with two attached hydrogens (primary N) is 1. The zero-order chi connectivity index (χ0) is 19.0. The number of hydrogen-bond donors (Lipinski definition) is 6. The minimum Gasteiger partial charge on any atom is -0.481 e. The molecule has 142 valence electrons. The van der Waals surface area contributed by atoms with Crippen LogP contribution in [0.25, 0.3) is 0 Å². The van der Waals surface area contributed by atoms with Crippen LogP contribution in [-0.4, -0.2) is 75.7 Å². The van der Waals surface area contributed by atoms with E-state index in [2.05, 4.69) is 10.6 Å². The van der Waals surface area contributed by atoms with E-state index >= 15 is 0 Å². The van der Waals surface area contributed by atoms with Crippen molar-refractivity contribution in [2.24, 2.45) is 5.73 Å². The molecule has 3 atom stereocenters. The molecule has 0 spiro atoms. The first-order valence-corrected chi connectivity index (χ1v) is 8.93. The number of carboxylic acid groups (broad SMARTS) is 2. The van der Waals surface area contributed by atoms with Crippen molar-refractivity contribution in [2.45, 2.75) is 43.0 Å². The van der Waals surface area contributed by atoms with E-state index in [0.717, 1.165) is 29.9 Å². The van der Waals surface area contributed by atoms with Crippen molar-refractivity contribution in [2.75, 3.05) is 19.3 Å². The number of hydrogen-bond acceptors (Lipinski definition) is 5. The standard InChI is InChI=1S/C10H16N2O3S.C4H9N3O2/c13-8(14)4-2-1-3-7-9-6(5-16-7)11-10(15)12-9;1-7(4(5)6)2-3(8)9/h6-7,9H,1-5H2,(H,13,14)(H2,11,12,15);2H2,1H3,(H3,5,6)(H,8,9)/t6-,7-,9-;/m0./s1. The van der Waals surface area contributed by atoms with Crippen LogP contribution in [0.2, 0.25) is 0 Å². The lowest BCUT2D eigenvalue weighted by Gasteiger charge is -2.16. The van der Waals surface area contributed by atoms with Crippen LogP contribution in [0, 0.1) is 5.41 Å². The van der Waals surface area contributed by atoms with E-state index in [1.165, 1.54) is 7.05 Å². The van der Waals surface area contributed by atoms with Crippen molar-refractivity contribution in [1.82, 2.24) is 15.5 Å².